The molecule has 0 amide bonds. The van der Waals surface area contributed by atoms with Crippen LogP contribution in [0.3, 0.4) is 0 Å². The molecule has 0 saturated carbocycles. The normalized spacial score (nSPS) is 13.6. The number of aromatic nitrogens is 4. The van der Waals surface area contributed by atoms with Crippen molar-refractivity contribution in [1.82, 2.24) is 19.7 Å². The maximum Gasteiger partial charge on any atom is 0.224 e. The molecule has 0 aliphatic carbocycles. The SMILES string of the molecule is Cn1cc(-c2ccc(Nc3nc(Cl)nc4c3COCC4)cc2)cn1. The van der Waals surface area contributed by atoms with E-state index in [1.165, 1.54) is 0 Å². The molecule has 1 N–H and O–H groups in total. The Morgan fingerprint density at radius 2 is 2.00 bits per heavy atom. The second-order valence-corrected chi connectivity index (χ2v) is 6.01. The lowest BCUT2D eigenvalue weighted by molar-refractivity contribution is 0.109. The monoisotopic (exact) mass is 341 g/mol. The predicted molar refractivity (Wildman–Crippen MR) is 92.3 cm³/mol. The minimum absolute atomic E-state index is 0.255. The molecule has 6 nitrogen and oxygen atoms in total. The summed E-state index contributed by atoms with van der Waals surface area (Å²) in [5, 5.41) is 7.77. The molecule has 1 aromatic carbocycles. The van der Waals surface area contributed by atoms with Crippen molar-refractivity contribution in [1.29, 1.82) is 0 Å². The molecule has 0 atom stereocenters. The fourth-order valence-corrected chi connectivity index (χ4v) is 2.94. The maximum atomic E-state index is 6.04. The topological polar surface area (TPSA) is 64.9 Å². The number of benzene rings is 1. The lowest BCUT2D eigenvalue weighted by Gasteiger charge is -2.19. The minimum atomic E-state index is 0.255. The van der Waals surface area contributed by atoms with Crippen LogP contribution >= 0.6 is 11.6 Å². The molecule has 3 heterocycles. The van der Waals surface area contributed by atoms with Gasteiger partial charge in [0.25, 0.3) is 0 Å². The number of ether oxygens (including phenoxy) is 1. The highest BCUT2D eigenvalue weighted by Gasteiger charge is 2.18. The zero-order valence-corrected chi connectivity index (χ0v) is 13.9. The van der Waals surface area contributed by atoms with E-state index in [0.29, 0.717) is 19.0 Å². The molecule has 0 radical (unpaired) electrons. The van der Waals surface area contributed by atoms with Gasteiger partial charge in [-0.2, -0.15) is 5.10 Å². The van der Waals surface area contributed by atoms with E-state index in [2.05, 4.69) is 20.4 Å². The van der Waals surface area contributed by atoms with Crippen molar-refractivity contribution in [3.05, 3.63) is 53.2 Å². The summed E-state index contributed by atoms with van der Waals surface area (Å²) in [6.45, 7) is 1.17. The molecule has 0 bridgehead atoms. The van der Waals surface area contributed by atoms with Gasteiger partial charge in [-0.3, -0.25) is 4.68 Å². The van der Waals surface area contributed by atoms with Gasteiger partial charge in [-0.1, -0.05) is 12.1 Å². The van der Waals surface area contributed by atoms with Crippen molar-refractivity contribution >= 4 is 23.1 Å². The van der Waals surface area contributed by atoms with Crippen LogP contribution in [0.15, 0.2) is 36.7 Å². The molecule has 7 heteroatoms. The first kappa shape index (κ1) is 15.1. The van der Waals surface area contributed by atoms with E-state index < -0.39 is 0 Å². The molecule has 0 unspecified atom stereocenters. The van der Waals surface area contributed by atoms with E-state index in [-0.39, 0.29) is 5.28 Å². The van der Waals surface area contributed by atoms with E-state index in [1.807, 2.05) is 43.7 Å². The van der Waals surface area contributed by atoms with Gasteiger partial charge in [0.1, 0.15) is 5.82 Å². The largest absolute Gasteiger partial charge is 0.376 e. The predicted octanol–water partition coefficient (Wildman–Crippen LogP) is 3.35. The van der Waals surface area contributed by atoms with Crippen molar-refractivity contribution in [3.63, 3.8) is 0 Å². The van der Waals surface area contributed by atoms with Crippen molar-refractivity contribution in [2.24, 2.45) is 7.05 Å². The second kappa shape index (κ2) is 6.22. The maximum absolute atomic E-state index is 6.04. The third-order valence-corrected chi connectivity index (χ3v) is 4.15. The van der Waals surface area contributed by atoms with Crippen LogP contribution in [0.5, 0.6) is 0 Å². The molecule has 0 saturated heterocycles. The molecular formula is C17H16ClN5O. The van der Waals surface area contributed by atoms with E-state index in [0.717, 1.165) is 34.5 Å². The van der Waals surface area contributed by atoms with Gasteiger partial charge >= 0.3 is 0 Å². The summed E-state index contributed by atoms with van der Waals surface area (Å²) < 4.78 is 7.31. The Hall–Kier alpha value is -2.44. The van der Waals surface area contributed by atoms with E-state index >= 15 is 0 Å². The molecule has 4 rings (SSSR count). The lowest BCUT2D eigenvalue weighted by atomic mass is 10.1. The van der Waals surface area contributed by atoms with Crippen molar-refractivity contribution in [3.8, 4) is 11.1 Å². The molecule has 0 fully saturated rings. The Morgan fingerprint density at radius 3 is 2.75 bits per heavy atom. The van der Waals surface area contributed by atoms with E-state index in [9.17, 15) is 0 Å². The number of anilines is 2. The van der Waals surface area contributed by atoms with Crippen LogP contribution in [0.1, 0.15) is 11.3 Å². The number of nitrogens with one attached hydrogen (secondary N) is 1. The molecule has 1 aliphatic rings. The second-order valence-electron chi connectivity index (χ2n) is 5.67. The smallest absolute Gasteiger partial charge is 0.224 e. The van der Waals surface area contributed by atoms with Crippen LogP contribution in [-0.4, -0.2) is 26.4 Å². The summed E-state index contributed by atoms with van der Waals surface area (Å²) in [5.41, 5.74) is 5.06. The third kappa shape index (κ3) is 2.98. The molecule has 0 spiro atoms. The minimum Gasteiger partial charge on any atom is -0.376 e. The standard InChI is InChI=1S/C17H16ClN5O/c1-23-9-12(8-19-23)11-2-4-13(5-3-11)20-16-14-10-24-7-6-15(14)21-17(18)22-16/h2-5,8-9H,6-7,10H2,1H3,(H,20,21,22). The van der Waals surface area contributed by atoms with Gasteiger partial charge in [0.2, 0.25) is 5.28 Å². The van der Waals surface area contributed by atoms with Crippen molar-refractivity contribution < 1.29 is 4.74 Å². The Morgan fingerprint density at radius 1 is 1.17 bits per heavy atom. The Balaban J connectivity index is 1.61. The van der Waals surface area contributed by atoms with Gasteiger partial charge in [0, 0.05) is 36.5 Å². The Kier molecular flexibility index (Phi) is 3.92. The fourth-order valence-electron chi connectivity index (χ4n) is 2.76. The molecular weight excluding hydrogens is 326 g/mol. The summed E-state index contributed by atoms with van der Waals surface area (Å²) in [4.78, 5) is 8.61. The fraction of sp³-hybridized carbons (Fsp3) is 0.235. The number of halogens is 1. The highest BCUT2D eigenvalue weighted by Crippen LogP contribution is 2.27. The Bertz CT molecular complexity index is 875. The van der Waals surface area contributed by atoms with E-state index in [4.69, 9.17) is 16.3 Å². The quantitative estimate of drug-likeness (QED) is 0.740. The molecule has 1 aliphatic heterocycles. The zero-order chi connectivity index (χ0) is 16.5. The number of hydrogen-bond donors (Lipinski definition) is 1. The summed E-state index contributed by atoms with van der Waals surface area (Å²) >= 11 is 6.04. The number of nitrogens with zero attached hydrogens (tertiary/aromatic N) is 4. The van der Waals surface area contributed by atoms with Crippen LogP contribution in [-0.2, 0) is 24.8 Å². The lowest BCUT2D eigenvalue weighted by Crippen LogP contribution is -2.15. The summed E-state index contributed by atoms with van der Waals surface area (Å²) in [7, 11) is 1.91. The summed E-state index contributed by atoms with van der Waals surface area (Å²) in [6.07, 6.45) is 4.59. The molecule has 24 heavy (non-hydrogen) atoms. The first-order valence-electron chi connectivity index (χ1n) is 7.68. The van der Waals surface area contributed by atoms with E-state index in [1.54, 1.807) is 4.68 Å². The third-order valence-electron chi connectivity index (χ3n) is 3.98. The van der Waals surface area contributed by atoms with Gasteiger partial charge in [-0.15, -0.1) is 0 Å². The highest BCUT2D eigenvalue weighted by atomic mass is 35.5. The number of rotatable bonds is 3. The van der Waals surface area contributed by atoms with Crippen LogP contribution < -0.4 is 5.32 Å². The van der Waals surface area contributed by atoms with Gasteiger partial charge in [0.05, 0.1) is 25.1 Å². The average Bonchev–Trinajstić information content (AvgIpc) is 3.02. The van der Waals surface area contributed by atoms with Crippen molar-refractivity contribution in [2.45, 2.75) is 13.0 Å². The summed E-state index contributed by atoms with van der Waals surface area (Å²) in [6, 6.07) is 8.11. The molecule has 3 aromatic rings. The zero-order valence-electron chi connectivity index (χ0n) is 13.2. The Labute approximate surface area is 144 Å². The number of hydrogen-bond acceptors (Lipinski definition) is 5. The number of aryl methyl sites for hydroxylation is 1. The van der Waals surface area contributed by atoms with Gasteiger partial charge in [0.15, 0.2) is 0 Å². The first-order valence-corrected chi connectivity index (χ1v) is 8.06. The van der Waals surface area contributed by atoms with Gasteiger partial charge in [-0.05, 0) is 29.3 Å². The highest BCUT2D eigenvalue weighted by molar-refractivity contribution is 6.28. The first-order chi connectivity index (χ1) is 11.7. The van der Waals surface area contributed by atoms with Crippen LogP contribution in [0, 0.1) is 0 Å². The average molecular weight is 342 g/mol. The van der Waals surface area contributed by atoms with Crippen molar-refractivity contribution in [2.75, 3.05) is 11.9 Å². The van der Waals surface area contributed by atoms with Crippen LogP contribution in [0.25, 0.3) is 11.1 Å². The van der Waals surface area contributed by atoms with Gasteiger partial charge < -0.3 is 10.1 Å². The molecule has 122 valence electrons. The summed E-state index contributed by atoms with van der Waals surface area (Å²) in [5.74, 6) is 0.707. The van der Waals surface area contributed by atoms with Crippen LogP contribution in [0.2, 0.25) is 5.28 Å². The number of fused-ring (bicyclic) bond motifs is 1. The molecule has 2 aromatic heterocycles. The van der Waals surface area contributed by atoms with Crippen LogP contribution in [0.4, 0.5) is 11.5 Å². The van der Waals surface area contributed by atoms with Gasteiger partial charge in [-0.25, -0.2) is 9.97 Å².